The molecule has 0 radical (unpaired) electrons. The molecule has 9 aromatic rings. The van der Waals surface area contributed by atoms with Crippen molar-refractivity contribution in [3.05, 3.63) is 158 Å². The van der Waals surface area contributed by atoms with Crippen molar-refractivity contribution in [3.63, 3.8) is 0 Å². The predicted molar refractivity (Wildman–Crippen MR) is 193 cm³/mol. The molecule has 0 saturated carbocycles. The van der Waals surface area contributed by atoms with Gasteiger partial charge in [-0.05, 0) is 42.5 Å². The molecule has 0 saturated heterocycles. The van der Waals surface area contributed by atoms with E-state index in [9.17, 15) is 0 Å². The van der Waals surface area contributed by atoms with Gasteiger partial charge in [-0.3, -0.25) is 0 Å². The Hall–Kier alpha value is -6.86. The third kappa shape index (κ3) is 5.49. The molecule has 3 heterocycles. The molecule has 9 rings (SSSR count). The zero-order valence-corrected chi connectivity index (χ0v) is 26.1. The van der Waals surface area contributed by atoms with Crippen molar-refractivity contribution in [2.75, 3.05) is 0 Å². The highest BCUT2D eigenvalue weighted by atomic mass is 16.3. The Morgan fingerprint density at radius 3 is 1.55 bits per heavy atom. The number of nitrogens with zero attached hydrogens (tertiary/aromatic N) is 6. The van der Waals surface area contributed by atoms with Gasteiger partial charge in [0.2, 0.25) is 5.89 Å². The third-order valence-electron chi connectivity index (χ3n) is 8.36. The minimum absolute atomic E-state index is 0.578. The van der Waals surface area contributed by atoms with E-state index in [1.807, 2.05) is 140 Å². The van der Waals surface area contributed by atoms with Gasteiger partial charge >= 0.3 is 0 Å². The fourth-order valence-electron chi connectivity index (χ4n) is 5.94. The first-order valence-corrected chi connectivity index (χ1v) is 16.0. The summed E-state index contributed by atoms with van der Waals surface area (Å²) in [6.07, 6.45) is 0. The van der Waals surface area contributed by atoms with Crippen molar-refractivity contribution < 1.29 is 4.42 Å². The van der Waals surface area contributed by atoms with Crippen molar-refractivity contribution in [1.82, 2.24) is 29.9 Å². The Balaban J connectivity index is 1.16. The largest absolute Gasteiger partial charge is 0.436 e. The van der Waals surface area contributed by atoms with E-state index < -0.39 is 0 Å². The molecule has 0 amide bonds. The Morgan fingerprint density at radius 2 is 0.857 bits per heavy atom. The molecule has 0 aliphatic carbocycles. The zero-order chi connectivity index (χ0) is 32.6. The van der Waals surface area contributed by atoms with Crippen molar-refractivity contribution in [1.29, 1.82) is 0 Å². The molecule has 0 unspecified atom stereocenters. The highest BCUT2D eigenvalue weighted by molar-refractivity contribution is 5.94. The molecule has 6 aromatic carbocycles. The Labute approximate surface area is 281 Å². The molecular weight excluding hydrogens is 605 g/mol. The standard InChI is InChI=1S/C42H26N6O/c1-4-13-27(14-5-1)38-46-39(28-15-6-2-7-16-28)48-41(47-38)31-20-12-19-30(25-31)37-33-21-10-11-22-34(33)43-40(45-37)32-23-24-36-35(26-32)44-42(49-36)29-17-8-3-9-18-29/h1-26H. The Kier molecular flexibility index (Phi) is 6.98. The smallest absolute Gasteiger partial charge is 0.227 e. The molecule has 0 aliphatic rings. The van der Waals surface area contributed by atoms with Crippen molar-refractivity contribution in [2.24, 2.45) is 0 Å². The van der Waals surface area contributed by atoms with Crippen LogP contribution in [0.3, 0.4) is 0 Å². The molecule has 0 spiro atoms. The fourth-order valence-corrected chi connectivity index (χ4v) is 5.94. The Bertz CT molecular complexity index is 2550. The minimum Gasteiger partial charge on any atom is -0.436 e. The lowest BCUT2D eigenvalue weighted by Gasteiger charge is -2.11. The van der Waals surface area contributed by atoms with Crippen molar-refractivity contribution in [2.45, 2.75) is 0 Å². The zero-order valence-electron chi connectivity index (χ0n) is 26.1. The van der Waals surface area contributed by atoms with E-state index in [0.717, 1.165) is 55.5 Å². The first kappa shape index (κ1) is 28.4. The van der Waals surface area contributed by atoms with E-state index in [0.29, 0.717) is 34.8 Å². The van der Waals surface area contributed by atoms with Gasteiger partial charge in [-0.15, -0.1) is 0 Å². The van der Waals surface area contributed by atoms with Gasteiger partial charge in [-0.1, -0.05) is 115 Å². The molecule has 3 aromatic heterocycles. The van der Waals surface area contributed by atoms with Gasteiger partial charge < -0.3 is 4.42 Å². The number of fused-ring (bicyclic) bond motifs is 2. The molecule has 0 N–H and O–H groups in total. The second-order valence-corrected chi connectivity index (χ2v) is 11.6. The van der Waals surface area contributed by atoms with Gasteiger partial charge in [0.1, 0.15) is 5.52 Å². The van der Waals surface area contributed by atoms with Gasteiger partial charge in [0.25, 0.3) is 0 Å². The van der Waals surface area contributed by atoms with E-state index in [-0.39, 0.29) is 0 Å². The molecule has 49 heavy (non-hydrogen) atoms. The summed E-state index contributed by atoms with van der Waals surface area (Å²) in [5.74, 6) is 2.99. The number of rotatable bonds is 6. The quantitative estimate of drug-likeness (QED) is 0.181. The summed E-state index contributed by atoms with van der Waals surface area (Å²) >= 11 is 0. The fraction of sp³-hybridized carbons (Fsp3) is 0. The highest BCUT2D eigenvalue weighted by Gasteiger charge is 2.17. The second kappa shape index (κ2) is 12.1. The van der Waals surface area contributed by atoms with Crippen molar-refractivity contribution >= 4 is 22.0 Å². The molecule has 0 aliphatic heterocycles. The molecule has 0 bridgehead atoms. The summed E-state index contributed by atoms with van der Waals surface area (Å²) in [4.78, 5) is 29.6. The van der Waals surface area contributed by atoms with Crippen LogP contribution in [0.25, 0.3) is 90.3 Å². The molecule has 7 nitrogen and oxygen atoms in total. The van der Waals surface area contributed by atoms with Gasteiger partial charge in [-0.2, -0.15) is 0 Å². The molecule has 7 heteroatoms. The molecular formula is C42H26N6O. The summed E-state index contributed by atoms with van der Waals surface area (Å²) in [7, 11) is 0. The van der Waals surface area contributed by atoms with Gasteiger partial charge in [0, 0.05) is 38.8 Å². The monoisotopic (exact) mass is 630 g/mol. The average Bonchev–Trinajstić information content (AvgIpc) is 3.62. The van der Waals surface area contributed by atoms with Crippen LogP contribution in [0.1, 0.15) is 0 Å². The van der Waals surface area contributed by atoms with Crippen LogP contribution < -0.4 is 0 Å². The highest BCUT2D eigenvalue weighted by Crippen LogP contribution is 2.33. The van der Waals surface area contributed by atoms with Crippen LogP contribution in [0.2, 0.25) is 0 Å². The number of aromatic nitrogens is 6. The van der Waals surface area contributed by atoms with Gasteiger partial charge in [-0.25, -0.2) is 29.9 Å². The summed E-state index contributed by atoms with van der Waals surface area (Å²) < 4.78 is 6.07. The summed E-state index contributed by atoms with van der Waals surface area (Å²) in [6, 6.07) is 52.0. The number of hydrogen-bond acceptors (Lipinski definition) is 7. The predicted octanol–water partition coefficient (Wildman–Crippen LogP) is 9.96. The lowest BCUT2D eigenvalue weighted by atomic mass is 10.0. The maximum atomic E-state index is 6.07. The van der Waals surface area contributed by atoms with Crippen LogP contribution >= 0.6 is 0 Å². The van der Waals surface area contributed by atoms with Crippen LogP contribution in [0.5, 0.6) is 0 Å². The first-order valence-electron chi connectivity index (χ1n) is 16.0. The number of benzene rings is 6. The van der Waals surface area contributed by atoms with E-state index >= 15 is 0 Å². The van der Waals surface area contributed by atoms with Crippen LogP contribution in [0.15, 0.2) is 162 Å². The second-order valence-electron chi connectivity index (χ2n) is 11.6. The summed E-state index contributed by atoms with van der Waals surface area (Å²) in [6.45, 7) is 0. The lowest BCUT2D eigenvalue weighted by molar-refractivity contribution is 0.620. The van der Waals surface area contributed by atoms with Gasteiger partial charge in [0.05, 0.1) is 11.2 Å². The SMILES string of the molecule is c1ccc(-c2nc(-c3ccccc3)nc(-c3cccc(-c4nc(-c5ccc6oc(-c7ccccc7)nc6c5)nc5ccccc45)c3)n2)cc1. The van der Waals surface area contributed by atoms with Gasteiger partial charge in [0.15, 0.2) is 28.9 Å². The molecule has 0 atom stereocenters. The van der Waals surface area contributed by atoms with Crippen LogP contribution in [0, 0.1) is 0 Å². The maximum absolute atomic E-state index is 6.07. The Morgan fingerprint density at radius 1 is 0.327 bits per heavy atom. The topological polar surface area (TPSA) is 90.5 Å². The first-order chi connectivity index (χ1) is 24.2. The molecule has 0 fully saturated rings. The maximum Gasteiger partial charge on any atom is 0.227 e. The van der Waals surface area contributed by atoms with Crippen LogP contribution in [-0.2, 0) is 0 Å². The summed E-state index contributed by atoms with van der Waals surface area (Å²) in [5, 5.41) is 0.947. The van der Waals surface area contributed by atoms with E-state index in [4.69, 9.17) is 34.3 Å². The average molecular weight is 631 g/mol. The van der Waals surface area contributed by atoms with Crippen LogP contribution in [-0.4, -0.2) is 29.9 Å². The third-order valence-corrected chi connectivity index (χ3v) is 8.36. The van der Waals surface area contributed by atoms with Crippen molar-refractivity contribution in [3.8, 4) is 68.3 Å². The number of oxazole rings is 1. The van der Waals surface area contributed by atoms with Crippen LogP contribution in [0.4, 0.5) is 0 Å². The van der Waals surface area contributed by atoms with E-state index in [1.54, 1.807) is 0 Å². The van der Waals surface area contributed by atoms with E-state index in [1.165, 1.54) is 0 Å². The normalized spacial score (nSPS) is 11.3. The summed E-state index contributed by atoms with van der Waals surface area (Å²) in [5.41, 5.74) is 8.51. The minimum atomic E-state index is 0.578. The molecule has 230 valence electrons. The van der Waals surface area contributed by atoms with E-state index in [2.05, 4.69) is 18.2 Å². The number of hydrogen-bond donors (Lipinski definition) is 0. The lowest BCUT2D eigenvalue weighted by Crippen LogP contribution is -2.00. The number of para-hydroxylation sites is 1.